The van der Waals surface area contributed by atoms with Gasteiger partial charge in [-0.25, -0.2) is 0 Å². The predicted molar refractivity (Wildman–Crippen MR) is 87.5 cm³/mol. The molecule has 0 fully saturated rings. The summed E-state index contributed by atoms with van der Waals surface area (Å²) >= 11 is 0. The van der Waals surface area contributed by atoms with Crippen LogP contribution in [0.5, 0.6) is 0 Å². The second kappa shape index (κ2) is 6.04. The van der Waals surface area contributed by atoms with E-state index in [1.807, 2.05) is 6.07 Å². The van der Waals surface area contributed by atoms with Crippen LogP contribution in [0.15, 0.2) is 59.6 Å². The van der Waals surface area contributed by atoms with Crippen molar-refractivity contribution in [2.24, 2.45) is 4.99 Å². The average Bonchev–Trinajstić information content (AvgIpc) is 2.45. The largest absolute Gasteiger partial charge is 0.285 e. The zero-order chi connectivity index (χ0) is 14.6. The van der Waals surface area contributed by atoms with Gasteiger partial charge < -0.3 is 0 Å². The Labute approximate surface area is 122 Å². The van der Waals surface area contributed by atoms with Crippen molar-refractivity contribution < 1.29 is 0 Å². The highest BCUT2D eigenvalue weighted by atomic mass is 14.7. The smallest absolute Gasteiger partial charge is 0.0643 e. The zero-order valence-electron chi connectivity index (χ0n) is 12.9. The van der Waals surface area contributed by atoms with E-state index in [0.717, 1.165) is 12.3 Å². The van der Waals surface area contributed by atoms with Crippen LogP contribution in [0.3, 0.4) is 0 Å². The van der Waals surface area contributed by atoms with Crippen LogP contribution in [0.4, 0.5) is 0 Å². The zero-order valence-corrected chi connectivity index (χ0v) is 12.9. The molecule has 0 heterocycles. The fourth-order valence-corrected chi connectivity index (χ4v) is 2.10. The third-order valence-electron chi connectivity index (χ3n) is 3.51. The van der Waals surface area contributed by atoms with Crippen molar-refractivity contribution in [2.45, 2.75) is 39.7 Å². The van der Waals surface area contributed by atoms with E-state index < -0.39 is 0 Å². The van der Waals surface area contributed by atoms with E-state index in [1.54, 1.807) is 0 Å². The molecule has 0 amide bonds. The Kier molecular flexibility index (Phi) is 4.39. The minimum atomic E-state index is 0.202. The molecule has 0 bridgehead atoms. The number of benzene rings is 2. The van der Waals surface area contributed by atoms with Gasteiger partial charge in [0, 0.05) is 5.71 Å². The Morgan fingerprint density at radius 3 is 2.05 bits per heavy atom. The van der Waals surface area contributed by atoms with Crippen molar-refractivity contribution >= 4 is 5.71 Å². The topological polar surface area (TPSA) is 12.4 Å². The monoisotopic (exact) mass is 265 g/mol. The molecule has 0 aliphatic carbocycles. The lowest BCUT2D eigenvalue weighted by atomic mass is 9.86. The quantitative estimate of drug-likeness (QED) is 0.693. The van der Waals surface area contributed by atoms with Crippen molar-refractivity contribution in [1.82, 2.24) is 0 Å². The molecule has 0 radical (unpaired) electrons. The fraction of sp³-hybridized carbons (Fsp3) is 0.316. The van der Waals surface area contributed by atoms with Crippen molar-refractivity contribution in [3.63, 3.8) is 0 Å². The maximum Gasteiger partial charge on any atom is 0.0643 e. The molecule has 0 N–H and O–H groups in total. The molecule has 2 rings (SSSR count). The molecular formula is C19H23N. The summed E-state index contributed by atoms with van der Waals surface area (Å²) in [6.45, 7) is 9.53. The van der Waals surface area contributed by atoms with E-state index in [1.165, 1.54) is 16.7 Å². The van der Waals surface area contributed by atoms with Crippen LogP contribution >= 0.6 is 0 Å². The van der Waals surface area contributed by atoms with Gasteiger partial charge in [-0.2, -0.15) is 0 Å². The van der Waals surface area contributed by atoms with Crippen molar-refractivity contribution in [2.75, 3.05) is 0 Å². The molecule has 20 heavy (non-hydrogen) atoms. The predicted octanol–water partition coefficient (Wildman–Crippen LogP) is 4.99. The summed E-state index contributed by atoms with van der Waals surface area (Å²) in [7, 11) is 0. The molecule has 0 saturated carbocycles. The van der Waals surface area contributed by atoms with Gasteiger partial charge >= 0.3 is 0 Å². The van der Waals surface area contributed by atoms with Gasteiger partial charge in [0.2, 0.25) is 0 Å². The molecule has 0 aliphatic heterocycles. The molecule has 1 heteroatoms. The van der Waals surface area contributed by atoms with Crippen LogP contribution in [0.1, 0.15) is 44.4 Å². The third-order valence-corrected chi connectivity index (χ3v) is 3.51. The molecule has 0 unspecified atom stereocenters. The van der Waals surface area contributed by atoms with Crippen LogP contribution in [-0.2, 0) is 12.0 Å². The Balaban J connectivity index is 2.11. The van der Waals surface area contributed by atoms with Gasteiger partial charge in [-0.15, -0.1) is 0 Å². The van der Waals surface area contributed by atoms with Gasteiger partial charge in [0.05, 0.1) is 6.54 Å². The molecule has 2 aromatic carbocycles. The minimum Gasteiger partial charge on any atom is -0.285 e. The standard InChI is InChI=1S/C19H23N/c1-15(20-14-16-8-6-5-7-9-16)17-10-12-18(13-11-17)19(2,3)4/h5-13H,14H2,1-4H3. The molecule has 0 aromatic heterocycles. The van der Waals surface area contributed by atoms with E-state index in [2.05, 4.69) is 81.2 Å². The Bertz CT molecular complexity index is 571. The summed E-state index contributed by atoms with van der Waals surface area (Å²) in [5.41, 5.74) is 5.10. The molecular weight excluding hydrogens is 242 g/mol. The summed E-state index contributed by atoms with van der Waals surface area (Å²) in [6, 6.07) is 19.1. The Morgan fingerprint density at radius 1 is 0.900 bits per heavy atom. The molecule has 0 spiro atoms. The van der Waals surface area contributed by atoms with Crippen LogP contribution in [0.2, 0.25) is 0 Å². The van der Waals surface area contributed by atoms with E-state index in [9.17, 15) is 0 Å². The summed E-state index contributed by atoms with van der Waals surface area (Å²) < 4.78 is 0. The SMILES string of the molecule is CC(=NCc1ccccc1)c1ccc(C(C)(C)C)cc1. The van der Waals surface area contributed by atoms with Gasteiger partial charge in [-0.3, -0.25) is 4.99 Å². The molecule has 0 saturated heterocycles. The lowest BCUT2D eigenvalue weighted by Crippen LogP contribution is -2.11. The van der Waals surface area contributed by atoms with E-state index >= 15 is 0 Å². The maximum atomic E-state index is 4.67. The van der Waals surface area contributed by atoms with Crippen molar-refractivity contribution in [1.29, 1.82) is 0 Å². The first-order chi connectivity index (χ1) is 9.47. The number of hydrogen-bond acceptors (Lipinski definition) is 1. The first-order valence-corrected chi connectivity index (χ1v) is 7.13. The lowest BCUT2D eigenvalue weighted by molar-refractivity contribution is 0.590. The van der Waals surface area contributed by atoms with Gasteiger partial charge in [0.15, 0.2) is 0 Å². The second-order valence-corrected chi connectivity index (χ2v) is 6.21. The molecule has 104 valence electrons. The summed E-state index contributed by atoms with van der Waals surface area (Å²) in [4.78, 5) is 4.67. The van der Waals surface area contributed by atoms with Gasteiger partial charge in [-0.05, 0) is 29.0 Å². The van der Waals surface area contributed by atoms with E-state index in [-0.39, 0.29) is 5.41 Å². The highest BCUT2D eigenvalue weighted by molar-refractivity contribution is 5.98. The number of nitrogens with zero attached hydrogens (tertiary/aromatic N) is 1. The normalized spacial score (nSPS) is 12.5. The Morgan fingerprint density at radius 2 is 1.50 bits per heavy atom. The second-order valence-electron chi connectivity index (χ2n) is 6.21. The fourth-order valence-electron chi connectivity index (χ4n) is 2.10. The molecule has 0 aliphatic rings. The van der Waals surface area contributed by atoms with Crippen LogP contribution < -0.4 is 0 Å². The molecule has 1 nitrogen and oxygen atoms in total. The van der Waals surface area contributed by atoms with Crippen LogP contribution in [-0.4, -0.2) is 5.71 Å². The summed E-state index contributed by atoms with van der Waals surface area (Å²) in [6.07, 6.45) is 0. The number of hydrogen-bond donors (Lipinski definition) is 0. The summed E-state index contributed by atoms with van der Waals surface area (Å²) in [5, 5.41) is 0. The van der Waals surface area contributed by atoms with E-state index in [0.29, 0.717) is 0 Å². The molecule has 0 atom stereocenters. The third kappa shape index (κ3) is 3.80. The van der Waals surface area contributed by atoms with Gasteiger partial charge in [-0.1, -0.05) is 75.4 Å². The highest BCUT2D eigenvalue weighted by Crippen LogP contribution is 2.22. The van der Waals surface area contributed by atoms with E-state index in [4.69, 9.17) is 0 Å². The van der Waals surface area contributed by atoms with Crippen molar-refractivity contribution in [3.05, 3.63) is 71.3 Å². The molecule has 2 aromatic rings. The average molecular weight is 265 g/mol. The number of rotatable bonds is 3. The highest BCUT2D eigenvalue weighted by Gasteiger charge is 2.12. The Hall–Kier alpha value is -1.89. The first-order valence-electron chi connectivity index (χ1n) is 7.13. The number of aliphatic imine (C=N–C) groups is 1. The van der Waals surface area contributed by atoms with Gasteiger partial charge in [0.1, 0.15) is 0 Å². The lowest BCUT2D eigenvalue weighted by Gasteiger charge is -2.19. The minimum absolute atomic E-state index is 0.202. The van der Waals surface area contributed by atoms with Crippen LogP contribution in [0.25, 0.3) is 0 Å². The van der Waals surface area contributed by atoms with Crippen LogP contribution in [0, 0.1) is 0 Å². The van der Waals surface area contributed by atoms with Gasteiger partial charge in [0.25, 0.3) is 0 Å². The summed E-state index contributed by atoms with van der Waals surface area (Å²) in [5.74, 6) is 0. The maximum absolute atomic E-state index is 4.67. The first kappa shape index (κ1) is 14.5. The van der Waals surface area contributed by atoms with Crippen molar-refractivity contribution in [3.8, 4) is 0 Å².